The van der Waals surface area contributed by atoms with Crippen molar-refractivity contribution in [2.75, 3.05) is 0 Å². The Kier molecular flexibility index (Phi) is 3.16. The first kappa shape index (κ1) is 12.6. The van der Waals surface area contributed by atoms with Crippen molar-refractivity contribution in [2.45, 2.75) is 26.7 Å². The number of hydrogen-bond acceptors (Lipinski definition) is 2. The van der Waals surface area contributed by atoms with E-state index in [4.69, 9.17) is 20.0 Å². The monoisotopic (exact) mass is 364 g/mol. The summed E-state index contributed by atoms with van der Waals surface area (Å²) in [6.07, 6.45) is 2.15. The number of halogens is 2. The van der Waals surface area contributed by atoms with E-state index in [1.165, 1.54) is 28.3 Å². The summed E-state index contributed by atoms with van der Waals surface area (Å²) in [5.41, 5.74) is 0. The molecule has 2 aromatic heterocycles. The molecular formula is C12H12Cl2GeS2. The minimum absolute atomic E-state index is 1.07. The molecule has 90 valence electrons. The van der Waals surface area contributed by atoms with E-state index in [0.29, 0.717) is 0 Å². The average molecular weight is 364 g/mol. The SMILES string of the molecule is CCc1c[c]2c(s1)-c1sc(CC)c[c]1[Ge]2([Cl])[Cl]. The van der Waals surface area contributed by atoms with Crippen LogP contribution in [0.2, 0.25) is 0 Å². The van der Waals surface area contributed by atoms with Gasteiger partial charge in [0.25, 0.3) is 0 Å². The van der Waals surface area contributed by atoms with Gasteiger partial charge in [0.1, 0.15) is 0 Å². The van der Waals surface area contributed by atoms with Crippen LogP contribution in [0.4, 0.5) is 0 Å². The first-order valence-corrected chi connectivity index (χ1v) is 15.0. The fraction of sp³-hybridized carbons (Fsp3) is 0.333. The molecule has 0 saturated carbocycles. The number of hydrogen-bond donors (Lipinski definition) is 0. The molecule has 0 aliphatic carbocycles. The zero-order chi connectivity index (χ0) is 12.2. The third-order valence-electron chi connectivity index (χ3n) is 3.15. The van der Waals surface area contributed by atoms with Crippen molar-refractivity contribution in [3.63, 3.8) is 0 Å². The molecule has 0 nitrogen and oxygen atoms in total. The Bertz CT molecular complexity index is 533. The normalized spacial score (nSPS) is 16.0. The Morgan fingerprint density at radius 3 is 1.71 bits per heavy atom. The first-order valence-electron chi connectivity index (χ1n) is 5.72. The van der Waals surface area contributed by atoms with Crippen molar-refractivity contribution in [2.24, 2.45) is 0 Å². The van der Waals surface area contributed by atoms with Gasteiger partial charge in [0.2, 0.25) is 0 Å². The summed E-state index contributed by atoms with van der Waals surface area (Å²) in [5, 5.41) is 0. The van der Waals surface area contributed by atoms with E-state index in [9.17, 15) is 0 Å². The van der Waals surface area contributed by atoms with E-state index in [0.717, 1.165) is 12.8 Å². The van der Waals surface area contributed by atoms with Crippen molar-refractivity contribution in [1.29, 1.82) is 0 Å². The fourth-order valence-electron chi connectivity index (χ4n) is 2.18. The second-order valence-corrected chi connectivity index (χ2v) is 18.0. The Labute approximate surface area is 120 Å². The number of fused-ring (bicyclic) bond motifs is 3. The maximum absolute atomic E-state index is 6.74. The molecule has 0 atom stereocenters. The topological polar surface area (TPSA) is 0 Å². The van der Waals surface area contributed by atoms with E-state index in [-0.39, 0.29) is 0 Å². The van der Waals surface area contributed by atoms with Crippen molar-refractivity contribution in [3.8, 4) is 9.75 Å². The van der Waals surface area contributed by atoms with Gasteiger partial charge in [-0.3, -0.25) is 0 Å². The van der Waals surface area contributed by atoms with Crippen LogP contribution < -0.4 is 8.79 Å². The molecule has 0 amide bonds. The van der Waals surface area contributed by atoms with Crippen molar-refractivity contribution < 1.29 is 0 Å². The van der Waals surface area contributed by atoms with Crippen LogP contribution in [0, 0.1) is 0 Å². The molecule has 0 saturated heterocycles. The summed E-state index contributed by atoms with van der Waals surface area (Å²) in [6, 6.07) is 4.50. The van der Waals surface area contributed by atoms with Crippen LogP contribution in [0.1, 0.15) is 23.6 Å². The second kappa shape index (κ2) is 4.27. The number of rotatable bonds is 2. The molecule has 17 heavy (non-hydrogen) atoms. The van der Waals surface area contributed by atoms with Crippen LogP contribution >= 0.6 is 42.7 Å². The summed E-state index contributed by atoms with van der Waals surface area (Å²) in [6.45, 7) is 4.37. The van der Waals surface area contributed by atoms with Crippen molar-refractivity contribution in [3.05, 3.63) is 21.9 Å². The number of aryl methyl sites for hydroxylation is 2. The average Bonchev–Trinajstić information content (AvgIpc) is 2.95. The third-order valence-corrected chi connectivity index (χ3v) is 15.4. The summed E-state index contributed by atoms with van der Waals surface area (Å²) in [5.74, 6) is 0. The van der Waals surface area contributed by atoms with Gasteiger partial charge in [-0.05, 0) is 0 Å². The van der Waals surface area contributed by atoms with Crippen molar-refractivity contribution in [1.82, 2.24) is 0 Å². The Hall–Kier alpha value is 0.523. The van der Waals surface area contributed by atoms with Crippen LogP contribution in [-0.2, 0) is 12.8 Å². The molecule has 5 heteroatoms. The molecule has 3 heterocycles. The van der Waals surface area contributed by atoms with Crippen LogP contribution in [0.15, 0.2) is 12.1 Å². The minimum atomic E-state index is -2.96. The first-order chi connectivity index (χ1) is 8.07. The Balaban J connectivity index is 2.25. The van der Waals surface area contributed by atoms with Crippen LogP contribution in [0.5, 0.6) is 0 Å². The summed E-state index contributed by atoms with van der Waals surface area (Å²) in [7, 11) is 13.5. The van der Waals surface area contributed by atoms with Gasteiger partial charge in [-0.25, -0.2) is 0 Å². The van der Waals surface area contributed by atoms with E-state index in [2.05, 4.69) is 26.0 Å². The molecule has 2 aromatic rings. The maximum atomic E-state index is 6.74. The van der Waals surface area contributed by atoms with Gasteiger partial charge in [-0.15, -0.1) is 0 Å². The fourth-order valence-corrected chi connectivity index (χ4v) is 15.5. The molecule has 0 spiro atoms. The zero-order valence-electron chi connectivity index (χ0n) is 9.64. The molecule has 0 bridgehead atoms. The zero-order valence-corrected chi connectivity index (χ0v) is 14.9. The predicted octanol–water partition coefficient (Wildman–Crippen LogP) is 3.95. The Morgan fingerprint density at radius 1 is 0.941 bits per heavy atom. The molecule has 1 aliphatic heterocycles. The predicted molar refractivity (Wildman–Crippen MR) is 83.1 cm³/mol. The van der Waals surface area contributed by atoms with Gasteiger partial charge >= 0.3 is 121 Å². The summed E-state index contributed by atoms with van der Waals surface area (Å²) < 4.78 is 2.55. The van der Waals surface area contributed by atoms with Crippen LogP contribution in [0.3, 0.4) is 0 Å². The molecule has 1 aliphatic rings. The van der Waals surface area contributed by atoms with E-state index < -0.39 is 11.4 Å². The number of thiophene rings is 2. The molecule has 0 fully saturated rings. The second-order valence-electron chi connectivity index (χ2n) is 4.19. The van der Waals surface area contributed by atoms with Gasteiger partial charge in [0.05, 0.1) is 0 Å². The van der Waals surface area contributed by atoms with E-state index in [1.54, 1.807) is 0 Å². The summed E-state index contributed by atoms with van der Waals surface area (Å²) >= 11 is 0.801. The van der Waals surface area contributed by atoms with E-state index >= 15 is 0 Å². The molecular weight excluding hydrogens is 352 g/mol. The quantitative estimate of drug-likeness (QED) is 0.709. The van der Waals surface area contributed by atoms with Crippen molar-refractivity contribution >= 4 is 62.9 Å². The molecule has 0 N–H and O–H groups in total. The van der Waals surface area contributed by atoms with Gasteiger partial charge in [-0.2, -0.15) is 0 Å². The van der Waals surface area contributed by atoms with Gasteiger partial charge < -0.3 is 0 Å². The molecule has 0 unspecified atom stereocenters. The molecule has 3 rings (SSSR count). The van der Waals surface area contributed by atoms with Gasteiger partial charge in [-0.1, -0.05) is 0 Å². The standard InChI is InChI=1S/C12H12Cl2GeS2/c1-3-7-5-9-11(16-7)12-10(15(9,13)14)6-8(4-2)17-12/h5-6H,3-4H2,1-2H3. The molecule has 0 aromatic carbocycles. The summed E-state index contributed by atoms with van der Waals surface area (Å²) in [4.78, 5) is 5.55. The Morgan fingerprint density at radius 2 is 1.35 bits per heavy atom. The van der Waals surface area contributed by atoms with Crippen LogP contribution in [-0.4, -0.2) is 11.4 Å². The van der Waals surface area contributed by atoms with Crippen LogP contribution in [0.25, 0.3) is 9.75 Å². The van der Waals surface area contributed by atoms with Gasteiger partial charge in [0, 0.05) is 0 Å². The van der Waals surface area contributed by atoms with Gasteiger partial charge in [0.15, 0.2) is 0 Å². The molecule has 0 radical (unpaired) electrons. The van der Waals surface area contributed by atoms with E-state index in [1.807, 2.05) is 22.7 Å². The third kappa shape index (κ3) is 1.76.